The summed E-state index contributed by atoms with van der Waals surface area (Å²) < 4.78 is 55.0. The second kappa shape index (κ2) is 9.60. The molecule has 0 aromatic heterocycles. The van der Waals surface area contributed by atoms with E-state index in [1.165, 1.54) is 38.4 Å². The molecular formula is C23H25F3N2O5. The van der Waals surface area contributed by atoms with E-state index in [9.17, 15) is 22.8 Å². The van der Waals surface area contributed by atoms with Gasteiger partial charge < -0.3 is 24.4 Å². The molecular weight excluding hydrogens is 441 g/mol. The quantitative estimate of drug-likeness (QED) is 0.669. The van der Waals surface area contributed by atoms with E-state index in [2.05, 4.69) is 5.32 Å². The van der Waals surface area contributed by atoms with E-state index in [1.807, 2.05) is 0 Å². The van der Waals surface area contributed by atoms with Gasteiger partial charge in [-0.25, -0.2) is 0 Å². The third kappa shape index (κ3) is 5.15. The summed E-state index contributed by atoms with van der Waals surface area (Å²) in [5.41, 5.74) is -0.0450. The Bertz CT molecular complexity index is 1020. The van der Waals surface area contributed by atoms with Crippen molar-refractivity contribution in [2.45, 2.75) is 25.6 Å². The molecule has 2 aromatic carbocycles. The summed E-state index contributed by atoms with van der Waals surface area (Å²) in [4.78, 5) is 26.5. The van der Waals surface area contributed by atoms with Gasteiger partial charge >= 0.3 is 6.18 Å². The number of halogens is 3. The molecule has 0 radical (unpaired) electrons. The van der Waals surface area contributed by atoms with E-state index in [0.29, 0.717) is 22.8 Å². The number of hydrogen-bond acceptors (Lipinski definition) is 5. The van der Waals surface area contributed by atoms with E-state index in [4.69, 9.17) is 14.2 Å². The average Bonchev–Trinajstić information content (AvgIpc) is 3.19. The molecule has 0 saturated carbocycles. The van der Waals surface area contributed by atoms with Gasteiger partial charge in [-0.1, -0.05) is 6.07 Å². The van der Waals surface area contributed by atoms with E-state index < -0.39 is 29.6 Å². The minimum atomic E-state index is -4.52. The average molecular weight is 466 g/mol. The zero-order valence-corrected chi connectivity index (χ0v) is 18.7. The predicted octanol–water partition coefficient (Wildman–Crippen LogP) is 3.96. The fraction of sp³-hybridized carbons (Fsp3) is 0.391. The first-order chi connectivity index (χ1) is 15.6. The molecule has 1 fully saturated rings. The highest BCUT2D eigenvalue weighted by Gasteiger charge is 2.37. The maximum atomic E-state index is 13.0. The molecule has 33 heavy (non-hydrogen) atoms. The molecule has 1 aliphatic rings. The van der Waals surface area contributed by atoms with Gasteiger partial charge in [0, 0.05) is 18.7 Å². The Morgan fingerprint density at radius 2 is 1.73 bits per heavy atom. The second-order valence-corrected chi connectivity index (χ2v) is 7.64. The van der Waals surface area contributed by atoms with E-state index in [0.717, 1.165) is 12.1 Å². The molecule has 178 valence electrons. The summed E-state index contributed by atoms with van der Waals surface area (Å²) in [6, 6.07) is 7.48. The fourth-order valence-corrected chi connectivity index (χ4v) is 3.75. The number of carbonyl (C=O) groups excluding carboxylic acids is 2. The van der Waals surface area contributed by atoms with Crippen molar-refractivity contribution in [2.24, 2.45) is 5.92 Å². The highest BCUT2D eigenvalue weighted by atomic mass is 19.4. The zero-order valence-electron chi connectivity index (χ0n) is 18.7. The Hall–Kier alpha value is -3.43. The highest BCUT2D eigenvalue weighted by molar-refractivity contribution is 6.00. The van der Waals surface area contributed by atoms with E-state index >= 15 is 0 Å². The molecule has 10 heteroatoms. The molecule has 1 aliphatic heterocycles. The molecule has 0 spiro atoms. The van der Waals surface area contributed by atoms with Gasteiger partial charge in [-0.3, -0.25) is 9.59 Å². The summed E-state index contributed by atoms with van der Waals surface area (Å²) in [6.45, 7) is 1.76. The number of nitrogens with one attached hydrogen (secondary N) is 1. The number of benzene rings is 2. The Morgan fingerprint density at radius 3 is 2.27 bits per heavy atom. The van der Waals surface area contributed by atoms with Crippen LogP contribution in [0.5, 0.6) is 17.2 Å². The standard InChI is InChI=1S/C23H25F3N2O5/c1-13(14-8-18(31-2)21(33-4)19(9-14)32-3)27-22(30)15-10-20(29)28(12-15)17-7-5-6-16(11-17)23(24,25)26/h5-9,11,13,15H,10,12H2,1-4H3,(H,27,30). The first kappa shape index (κ1) is 24.2. The molecule has 1 saturated heterocycles. The van der Waals surface area contributed by atoms with Crippen molar-refractivity contribution in [1.82, 2.24) is 5.32 Å². The number of hydrogen-bond donors (Lipinski definition) is 1. The fourth-order valence-electron chi connectivity index (χ4n) is 3.75. The Labute approximate surface area is 189 Å². The monoisotopic (exact) mass is 466 g/mol. The van der Waals surface area contributed by atoms with Gasteiger partial charge in [-0.2, -0.15) is 13.2 Å². The van der Waals surface area contributed by atoms with Crippen LogP contribution in [-0.2, 0) is 15.8 Å². The molecule has 0 aliphatic carbocycles. The van der Waals surface area contributed by atoms with Gasteiger partial charge in [0.2, 0.25) is 17.6 Å². The third-order valence-electron chi connectivity index (χ3n) is 5.53. The van der Waals surface area contributed by atoms with Crippen molar-refractivity contribution in [2.75, 3.05) is 32.8 Å². The smallest absolute Gasteiger partial charge is 0.416 e. The van der Waals surface area contributed by atoms with Crippen LogP contribution in [0.3, 0.4) is 0 Å². The Balaban J connectivity index is 1.74. The van der Waals surface area contributed by atoms with Crippen LogP contribution in [0.2, 0.25) is 0 Å². The maximum Gasteiger partial charge on any atom is 0.416 e. The van der Waals surface area contributed by atoms with Crippen LogP contribution in [0.1, 0.15) is 30.5 Å². The van der Waals surface area contributed by atoms with Crippen LogP contribution in [0.15, 0.2) is 36.4 Å². The van der Waals surface area contributed by atoms with Gasteiger partial charge in [0.15, 0.2) is 11.5 Å². The number of ether oxygens (including phenoxy) is 3. The number of anilines is 1. The molecule has 2 unspecified atom stereocenters. The molecule has 0 bridgehead atoms. The predicted molar refractivity (Wildman–Crippen MR) is 115 cm³/mol. The van der Waals surface area contributed by atoms with Crippen LogP contribution in [0.25, 0.3) is 0 Å². The molecule has 1 N–H and O–H groups in total. The van der Waals surface area contributed by atoms with Crippen LogP contribution < -0.4 is 24.4 Å². The van der Waals surface area contributed by atoms with Crippen molar-refractivity contribution in [3.05, 3.63) is 47.5 Å². The van der Waals surface area contributed by atoms with Gasteiger partial charge in [0.1, 0.15) is 0 Å². The molecule has 3 rings (SSSR count). The van der Waals surface area contributed by atoms with Gasteiger partial charge in [0.25, 0.3) is 0 Å². The lowest BCUT2D eigenvalue weighted by Gasteiger charge is -2.21. The van der Waals surface area contributed by atoms with Crippen molar-refractivity contribution in [1.29, 1.82) is 0 Å². The minimum absolute atomic E-state index is 0.00600. The second-order valence-electron chi connectivity index (χ2n) is 7.64. The molecule has 7 nitrogen and oxygen atoms in total. The lowest BCUT2D eigenvalue weighted by Crippen LogP contribution is -2.34. The van der Waals surface area contributed by atoms with Crippen LogP contribution in [0.4, 0.5) is 18.9 Å². The van der Waals surface area contributed by atoms with Crippen LogP contribution in [-0.4, -0.2) is 39.7 Å². The van der Waals surface area contributed by atoms with Gasteiger partial charge in [0.05, 0.1) is 38.9 Å². The zero-order chi connectivity index (χ0) is 24.3. The lowest BCUT2D eigenvalue weighted by atomic mass is 10.0. The number of nitrogens with zero attached hydrogens (tertiary/aromatic N) is 1. The van der Waals surface area contributed by atoms with Gasteiger partial charge in [-0.05, 0) is 42.8 Å². The SMILES string of the molecule is COc1cc(C(C)NC(=O)C2CC(=O)N(c3cccc(C(F)(F)F)c3)C2)cc(OC)c1OC. The third-order valence-corrected chi connectivity index (χ3v) is 5.53. The highest BCUT2D eigenvalue weighted by Crippen LogP contribution is 2.40. The summed E-state index contributed by atoms with van der Waals surface area (Å²) in [5.74, 6) is -0.203. The number of amides is 2. The molecule has 2 aromatic rings. The topological polar surface area (TPSA) is 77.1 Å². The first-order valence-corrected chi connectivity index (χ1v) is 10.2. The number of rotatable bonds is 7. The lowest BCUT2D eigenvalue weighted by molar-refractivity contribution is -0.137. The summed E-state index contributed by atoms with van der Waals surface area (Å²) >= 11 is 0. The van der Waals surface area contributed by atoms with Crippen LogP contribution >= 0.6 is 0 Å². The van der Waals surface area contributed by atoms with E-state index in [-0.39, 0.29) is 24.6 Å². The van der Waals surface area contributed by atoms with Crippen molar-refractivity contribution < 1.29 is 37.0 Å². The maximum absolute atomic E-state index is 13.0. The number of carbonyl (C=O) groups is 2. The van der Waals surface area contributed by atoms with Crippen molar-refractivity contribution >= 4 is 17.5 Å². The van der Waals surface area contributed by atoms with E-state index in [1.54, 1.807) is 19.1 Å². The summed E-state index contributed by atoms with van der Waals surface area (Å²) in [6.07, 6.45) is -4.62. The largest absolute Gasteiger partial charge is 0.493 e. The molecule has 2 amide bonds. The Morgan fingerprint density at radius 1 is 1.09 bits per heavy atom. The van der Waals surface area contributed by atoms with Gasteiger partial charge in [-0.15, -0.1) is 0 Å². The normalized spacial score (nSPS) is 17.0. The van der Waals surface area contributed by atoms with Crippen molar-refractivity contribution in [3.8, 4) is 17.2 Å². The molecule has 1 heterocycles. The molecule has 2 atom stereocenters. The van der Waals surface area contributed by atoms with Crippen molar-refractivity contribution in [3.63, 3.8) is 0 Å². The summed E-state index contributed by atoms with van der Waals surface area (Å²) in [5, 5.41) is 2.86. The summed E-state index contributed by atoms with van der Waals surface area (Å²) in [7, 11) is 4.45. The Kier molecular flexibility index (Phi) is 7.04. The number of methoxy groups -OCH3 is 3. The minimum Gasteiger partial charge on any atom is -0.493 e. The first-order valence-electron chi connectivity index (χ1n) is 10.2. The van der Waals surface area contributed by atoms with Crippen LogP contribution in [0, 0.1) is 5.92 Å². The number of alkyl halides is 3.